The molecule has 0 aliphatic rings. The summed E-state index contributed by atoms with van der Waals surface area (Å²) in [4.78, 5) is 2.26. The second-order valence-corrected chi connectivity index (χ2v) is 5.13. The Bertz CT molecular complexity index is 507. The zero-order valence-corrected chi connectivity index (χ0v) is 12.1. The van der Waals surface area contributed by atoms with Gasteiger partial charge in [0.25, 0.3) is 0 Å². The van der Waals surface area contributed by atoms with Gasteiger partial charge in [0.1, 0.15) is 5.76 Å². The first-order chi connectivity index (χ1) is 9.19. The topological polar surface area (TPSA) is 28.4 Å². The first-order valence-electron chi connectivity index (χ1n) is 6.32. The SMILES string of the molecule is CNCc1occc1CN(C)Cc1ccc(Cl)cc1. The van der Waals surface area contributed by atoms with Crippen LogP contribution < -0.4 is 5.32 Å². The Balaban J connectivity index is 1.95. The summed E-state index contributed by atoms with van der Waals surface area (Å²) >= 11 is 5.89. The molecule has 2 aromatic rings. The predicted molar refractivity (Wildman–Crippen MR) is 78.1 cm³/mol. The molecule has 0 atom stereocenters. The van der Waals surface area contributed by atoms with E-state index < -0.39 is 0 Å². The Morgan fingerprint density at radius 1 is 1.16 bits per heavy atom. The molecule has 4 heteroatoms. The maximum absolute atomic E-state index is 5.89. The number of nitrogens with zero attached hydrogens (tertiary/aromatic N) is 1. The van der Waals surface area contributed by atoms with Crippen molar-refractivity contribution in [1.82, 2.24) is 10.2 Å². The predicted octanol–water partition coefficient (Wildman–Crippen LogP) is 3.28. The number of hydrogen-bond acceptors (Lipinski definition) is 3. The van der Waals surface area contributed by atoms with Crippen molar-refractivity contribution >= 4 is 11.6 Å². The average molecular weight is 279 g/mol. The van der Waals surface area contributed by atoms with Gasteiger partial charge in [0.15, 0.2) is 0 Å². The summed E-state index contributed by atoms with van der Waals surface area (Å²) in [6.45, 7) is 2.52. The van der Waals surface area contributed by atoms with Crippen LogP contribution in [0.3, 0.4) is 0 Å². The van der Waals surface area contributed by atoms with Gasteiger partial charge in [-0.25, -0.2) is 0 Å². The first kappa shape index (κ1) is 14.1. The maximum Gasteiger partial charge on any atom is 0.122 e. The Hall–Kier alpha value is -1.29. The van der Waals surface area contributed by atoms with Gasteiger partial charge in [0, 0.05) is 23.7 Å². The lowest BCUT2D eigenvalue weighted by Gasteiger charge is -2.16. The smallest absolute Gasteiger partial charge is 0.122 e. The molecule has 0 aliphatic carbocycles. The van der Waals surface area contributed by atoms with Crippen LogP contribution in [0.15, 0.2) is 41.0 Å². The number of benzene rings is 1. The minimum Gasteiger partial charge on any atom is -0.468 e. The number of furan rings is 1. The van der Waals surface area contributed by atoms with Crippen molar-refractivity contribution < 1.29 is 4.42 Å². The molecule has 2 rings (SSSR count). The van der Waals surface area contributed by atoms with Crippen LogP contribution in [0.4, 0.5) is 0 Å². The summed E-state index contributed by atoms with van der Waals surface area (Å²) < 4.78 is 5.47. The van der Waals surface area contributed by atoms with E-state index in [9.17, 15) is 0 Å². The summed E-state index contributed by atoms with van der Waals surface area (Å²) in [7, 11) is 4.02. The lowest BCUT2D eigenvalue weighted by Crippen LogP contribution is -2.18. The monoisotopic (exact) mass is 278 g/mol. The van der Waals surface area contributed by atoms with Crippen molar-refractivity contribution in [3.63, 3.8) is 0 Å². The van der Waals surface area contributed by atoms with E-state index >= 15 is 0 Å². The van der Waals surface area contributed by atoms with Crippen LogP contribution in [0.1, 0.15) is 16.9 Å². The molecule has 1 heterocycles. The van der Waals surface area contributed by atoms with Gasteiger partial charge in [0.05, 0.1) is 12.8 Å². The van der Waals surface area contributed by atoms with Crippen molar-refractivity contribution in [3.8, 4) is 0 Å². The molecule has 0 bridgehead atoms. The molecule has 0 fully saturated rings. The summed E-state index contributed by atoms with van der Waals surface area (Å²) in [5, 5.41) is 3.89. The summed E-state index contributed by atoms with van der Waals surface area (Å²) in [5.41, 5.74) is 2.48. The van der Waals surface area contributed by atoms with Crippen LogP contribution in [0.2, 0.25) is 5.02 Å². The fourth-order valence-corrected chi connectivity index (χ4v) is 2.20. The molecule has 1 aromatic carbocycles. The second kappa shape index (κ2) is 6.75. The molecular formula is C15H19ClN2O. The molecule has 0 amide bonds. The van der Waals surface area contributed by atoms with Gasteiger partial charge < -0.3 is 9.73 Å². The molecular weight excluding hydrogens is 260 g/mol. The van der Waals surface area contributed by atoms with E-state index in [1.807, 2.05) is 25.2 Å². The van der Waals surface area contributed by atoms with E-state index in [0.717, 1.165) is 30.4 Å². The highest BCUT2D eigenvalue weighted by Gasteiger charge is 2.08. The Kier molecular flexibility index (Phi) is 5.02. The zero-order chi connectivity index (χ0) is 13.7. The summed E-state index contributed by atoms with van der Waals surface area (Å²) in [6.07, 6.45) is 1.75. The summed E-state index contributed by atoms with van der Waals surface area (Å²) in [5.74, 6) is 1.01. The standard InChI is InChI=1S/C15H19ClN2O/c1-17-9-15-13(7-8-19-15)11-18(2)10-12-3-5-14(16)6-4-12/h3-8,17H,9-11H2,1-2H3. The molecule has 0 spiro atoms. The van der Waals surface area contributed by atoms with Crippen molar-refractivity contribution in [3.05, 3.63) is 58.5 Å². The Morgan fingerprint density at radius 2 is 1.89 bits per heavy atom. The van der Waals surface area contributed by atoms with Crippen LogP contribution >= 0.6 is 11.6 Å². The number of halogens is 1. The van der Waals surface area contributed by atoms with Crippen LogP contribution in [-0.2, 0) is 19.6 Å². The van der Waals surface area contributed by atoms with Crippen LogP contribution in [0, 0.1) is 0 Å². The highest BCUT2D eigenvalue weighted by atomic mass is 35.5. The van der Waals surface area contributed by atoms with Crippen molar-refractivity contribution in [1.29, 1.82) is 0 Å². The van der Waals surface area contributed by atoms with E-state index in [-0.39, 0.29) is 0 Å². The molecule has 0 saturated carbocycles. The van der Waals surface area contributed by atoms with Crippen LogP contribution in [0.5, 0.6) is 0 Å². The fraction of sp³-hybridized carbons (Fsp3) is 0.333. The molecule has 0 radical (unpaired) electrons. The molecule has 0 aliphatic heterocycles. The molecule has 1 N–H and O–H groups in total. The third kappa shape index (κ3) is 4.10. The van der Waals surface area contributed by atoms with E-state index in [1.54, 1.807) is 6.26 Å². The molecule has 19 heavy (non-hydrogen) atoms. The maximum atomic E-state index is 5.89. The molecule has 0 unspecified atom stereocenters. The van der Waals surface area contributed by atoms with Crippen LogP contribution in [-0.4, -0.2) is 19.0 Å². The fourth-order valence-electron chi connectivity index (χ4n) is 2.07. The zero-order valence-electron chi connectivity index (χ0n) is 11.3. The molecule has 0 saturated heterocycles. The van der Waals surface area contributed by atoms with E-state index in [2.05, 4.69) is 29.4 Å². The van der Waals surface area contributed by atoms with E-state index in [4.69, 9.17) is 16.0 Å². The van der Waals surface area contributed by atoms with Gasteiger partial charge in [-0.05, 0) is 37.9 Å². The lowest BCUT2D eigenvalue weighted by molar-refractivity contribution is 0.315. The minimum atomic E-state index is 0.761. The van der Waals surface area contributed by atoms with Gasteiger partial charge in [-0.2, -0.15) is 0 Å². The third-order valence-corrected chi connectivity index (χ3v) is 3.23. The quantitative estimate of drug-likeness (QED) is 0.879. The lowest BCUT2D eigenvalue weighted by atomic mass is 10.2. The summed E-state index contributed by atoms with van der Waals surface area (Å²) in [6, 6.07) is 10.0. The van der Waals surface area contributed by atoms with Gasteiger partial charge in [0.2, 0.25) is 0 Å². The Morgan fingerprint density at radius 3 is 2.58 bits per heavy atom. The van der Waals surface area contributed by atoms with Crippen molar-refractivity contribution in [2.24, 2.45) is 0 Å². The minimum absolute atomic E-state index is 0.761. The molecule has 3 nitrogen and oxygen atoms in total. The van der Waals surface area contributed by atoms with Gasteiger partial charge >= 0.3 is 0 Å². The number of nitrogens with one attached hydrogen (secondary N) is 1. The number of rotatable bonds is 6. The van der Waals surface area contributed by atoms with Crippen molar-refractivity contribution in [2.75, 3.05) is 14.1 Å². The first-order valence-corrected chi connectivity index (χ1v) is 6.69. The highest BCUT2D eigenvalue weighted by molar-refractivity contribution is 6.30. The van der Waals surface area contributed by atoms with Crippen LogP contribution in [0.25, 0.3) is 0 Å². The van der Waals surface area contributed by atoms with E-state index in [1.165, 1.54) is 11.1 Å². The van der Waals surface area contributed by atoms with Gasteiger partial charge in [-0.1, -0.05) is 23.7 Å². The molecule has 102 valence electrons. The second-order valence-electron chi connectivity index (χ2n) is 4.70. The number of hydrogen-bond donors (Lipinski definition) is 1. The third-order valence-electron chi connectivity index (χ3n) is 2.98. The van der Waals surface area contributed by atoms with Gasteiger partial charge in [-0.15, -0.1) is 0 Å². The average Bonchev–Trinajstić information content (AvgIpc) is 2.80. The van der Waals surface area contributed by atoms with Gasteiger partial charge in [-0.3, -0.25) is 4.90 Å². The largest absolute Gasteiger partial charge is 0.468 e. The van der Waals surface area contributed by atoms with Crippen molar-refractivity contribution in [2.45, 2.75) is 19.6 Å². The van der Waals surface area contributed by atoms with E-state index in [0.29, 0.717) is 0 Å². The Labute approximate surface area is 119 Å². The molecule has 1 aromatic heterocycles. The normalized spacial score (nSPS) is 11.2. The highest BCUT2D eigenvalue weighted by Crippen LogP contribution is 2.15.